The molecular formula is C11H11N3O2. The molecule has 2 aromatic rings. The van der Waals surface area contributed by atoms with E-state index in [9.17, 15) is 4.79 Å². The highest BCUT2D eigenvalue weighted by molar-refractivity contribution is 5.94. The summed E-state index contributed by atoms with van der Waals surface area (Å²) in [6.45, 7) is 1.89. The molecule has 0 atom stereocenters. The third kappa shape index (κ3) is 1.63. The van der Waals surface area contributed by atoms with Crippen molar-refractivity contribution in [3.8, 4) is 11.3 Å². The fourth-order valence-electron chi connectivity index (χ4n) is 1.58. The van der Waals surface area contributed by atoms with Gasteiger partial charge in [0, 0.05) is 5.56 Å². The van der Waals surface area contributed by atoms with Gasteiger partial charge in [-0.15, -0.1) is 0 Å². The van der Waals surface area contributed by atoms with Gasteiger partial charge in [0.05, 0.1) is 0 Å². The summed E-state index contributed by atoms with van der Waals surface area (Å²) in [5, 5.41) is 9.00. The SMILES string of the molecule is Cc1ccccc1-c1nc(N)[nH]c1C(=O)O. The fourth-order valence-corrected chi connectivity index (χ4v) is 1.58. The van der Waals surface area contributed by atoms with Crippen LogP contribution in [0.2, 0.25) is 0 Å². The van der Waals surface area contributed by atoms with Gasteiger partial charge in [-0.3, -0.25) is 0 Å². The van der Waals surface area contributed by atoms with Crippen molar-refractivity contribution in [3.05, 3.63) is 35.5 Å². The number of nitrogen functional groups attached to an aromatic ring is 1. The van der Waals surface area contributed by atoms with Crippen LogP contribution in [-0.2, 0) is 0 Å². The topological polar surface area (TPSA) is 92.0 Å². The first kappa shape index (κ1) is 10.2. The standard InChI is InChI=1S/C11H11N3O2/c1-6-4-2-3-5-7(6)8-9(10(15)16)14-11(12)13-8/h2-5H,1H3,(H,15,16)(H3,12,13,14). The number of aryl methyl sites for hydroxylation is 1. The van der Waals surface area contributed by atoms with Crippen molar-refractivity contribution in [2.45, 2.75) is 6.92 Å². The van der Waals surface area contributed by atoms with E-state index in [2.05, 4.69) is 9.97 Å². The van der Waals surface area contributed by atoms with Crippen LogP contribution in [0.4, 0.5) is 5.95 Å². The van der Waals surface area contributed by atoms with Crippen LogP contribution in [0.3, 0.4) is 0 Å². The Kier molecular flexibility index (Phi) is 2.36. The normalized spacial score (nSPS) is 10.3. The Bertz CT molecular complexity index is 546. The fraction of sp³-hybridized carbons (Fsp3) is 0.0909. The highest BCUT2D eigenvalue weighted by atomic mass is 16.4. The number of carboxylic acids is 1. The van der Waals surface area contributed by atoms with Crippen molar-refractivity contribution < 1.29 is 9.90 Å². The molecular weight excluding hydrogens is 206 g/mol. The lowest BCUT2D eigenvalue weighted by molar-refractivity contribution is 0.0692. The zero-order valence-corrected chi connectivity index (χ0v) is 8.69. The molecule has 0 unspecified atom stereocenters. The Morgan fingerprint density at radius 3 is 2.75 bits per heavy atom. The van der Waals surface area contributed by atoms with Crippen LogP contribution < -0.4 is 5.73 Å². The van der Waals surface area contributed by atoms with Crippen molar-refractivity contribution in [2.24, 2.45) is 0 Å². The Hall–Kier alpha value is -2.30. The molecule has 16 heavy (non-hydrogen) atoms. The highest BCUT2D eigenvalue weighted by Gasteiger charge is 2.17. The Balaban J connectivity index is 2.64. The minimum Gasteiger partial charge on any atom is -0.477 e. The number of anilines is 1. The zero-order chi connectivity index (χ0) is 11.7. The minimum atomic E-state index is -1.07. The number of H-pyrrole nitrogens is 1. The predicted octanol–water partition coefficient (Wildman–Crippen LogP) is 1.67. The Labute approximate surface area is 91.9 Å². The van der Waals surface area contributed by atoms with E-state index >= 15 is 0 Å². The maximum atomic E-state index is 11.0. The van der Waals surface area contributed by atoms with Gasteiger partial charge in [0.1, 0.15) is 5.69 Å². The molecule has 0 fully saturated rings. The monoisotopic (exact) mass is 217 g/mol. The molecule has 2 rings (SSSR count). The summed E-state index contributed by atoms with van der Waals surface area (Å²) in [7, 11) is 0. The number of aromatic amines is 1. The molecule has 5 nitrogen and oxygen atoms in total. The highest BCUT2D eigenvalue weighted by Crippen LogP contribution is 2.25. The molecule has 0 aliphatic carbocycles. The van der Waals surface area contributed by atoms with Crippen molar-refractivity contribution in [3.63, 3.8) is 0 Å². The molecule has 0 saturated carbocycles. The first-order valence-electron chi connectivity index (χ1n) is 4.74. The van der Waals surface area contributed by atoms with Gasteiger partial charge < -0.3 is 15.8 Å². The molecule has 0 amide bonds. The smallest absolute Gasteiger partial charge is 0.354 e. The van der Waals surface area contributed by atoms with Crippen molar-refractivity contribution in [2.75, 3.05) is 5.73 Å². The summed E-state index contributed by atoms with van der Waals surface area (Å²) in [5.41, 5.74) is 7.60. The average Bonchev–Trinajstić information content (AvgIpc) is 2.61. The number of nitrogens with zero attached hydrogens (tertiary/aromatic N) is 1. The van der Waals surface area contributed by atoms with Crippen LogP contribution >= 0.6 is 0 Å². The molecule has 0 radical (unpaired) electrons. The third-order valence-corrected chi connectivity index (χ3v) is 2.34. The molecule has 0 saturated heterocycles. The van der Waals surface area contributed by atoms with E-state index in [-0.39, 0.29) is 11.6 Å². The molecule has 0 spiro atoms. The van der Waals surface area contributed by atoms with Crippen molar-refractivity contribution in [1.82, 2.24) is 9.97 Å². The average molecular weight is 217 g/mol. The molecule has 1 aromatic heterocycles. The number of hydrogen-bond donors (Lipinski definition) is 3. The van der Waals surface area contributed by atoms with Gasteiger partial charge in [0.25, 0.3) is 0 Å². The molecule has 0 bridgehead atoms. The van der Waals surface area contributed by atoms with Crippen LogP contribution in [0, 0.1) is 6.92 Å². The number of nitrogens with one attached hydrogen (secondary N) is 1. The van der Waals surface area contributed by atoms with Gasteiger partial charge in [-0.1, -0.05) is 24.3 Å². The molecule has 1 aromatic carbocycles. The van der Waals surface area contributed by atoms with Crippen LogP contribution in [0.1, 0.15) is 16.1 Å². The first-order chi connectivity index (χ1) is 7.59. The molecule has 1 heterocycles. The van der Waals surface area contributed by atoms with E-state index in [1.165, 1.54) is 0 Å². The molecule has 5 heteroatoms. The number of aromatic carboxylic acids is 1. The first-order valence-corrected chi connectivity index (χ1v) is 4.74. The van der Waals surface area contributed by atoms with Crippen LogP contribution in [0.15, 0.2) is 24.3 Å². The molecule has 0 aliphatic rings. The number of nitrogens with two attached hydrogens (primary N) is 1. The van der Waals surface area contributed by atoms with Gasteiger partial charge >= 0.3 is 5.97 Å². The number of hydrogen-bond acceptors (Lipinski definition) is 3. The summed E-state index contributed by atoms with van der Waals surface area (Å²) in [6, 6.07) is 7.43. The van der Waals surface area contributed by atoms with E-state index in [1.807, 2.05) is 31.2 Å². The van der Waals surface area contributed by atoms with Crippen molar-refractivity contribution >= 4 is 11.9 Å². The molecule has 82 valence electrons. The summed E-state index contributed by atoms with van der Waals surface area (Å²) >= 11 is 0. The second kappa shape index (κ2) is 3.69. The minimum absolute atomic E-state index is 0.0202. The third-order valence-electron chi connectivity index (χ3n) is 2.34. The van der Waals surface area contributed by atoms with E-state index in [1.54, 1.807) is 0 Å². The lowest BCUT2D eigenvalue weighted by Gasteiger charge is -2.02. The van der Waals surface area contributed by atoms with E-state index < -0.39 is 5.97 Å². The van der Waals surface area contributed by atoms with Gasteiger partial charge in [0.2, 0.25) is 0 Å². The van der Waals surface area contributed by atoms with Crippen molar-refractivity contribution in [1.29, 1.82) is 0 Å². The molecule has 4 N–H and O–H groups in total. The predicted molar refractivity (Wildman–Crippen MR) is 60.1 cm³/mol. The quantitative estimate of drug-likeness (QED) is 0.713. The zero-order valence-electron chi connectivity index (χ0n) is 8.69. The maximum absolute atomic E-state index is 11.0. The number of carboxylic acid groups (broad SMARTS) is 1. The lowest BCUT2D eigenvalue weighted by atomic mass is 10.0. The Morgan fingerprint density at radius 2 is 2.12 bits per heavy atom. The van der Waals surface area contributed by atoms with Gasteiger partial charge in [-0.25, -0.2) is 9.78 Å². The lowest BCUT2D eigenvalue weighted by Crippen LogP contribution is -2.00. The van der Waals surface area contributed by atoms with Crippen LogP contribution in [0.25, 0.3) is 11.3 Å². The Morgan fingerprint density at radius 1 is 1.44 bits per heavy atom. The number of aromatic nitrogens is 2. The maximum Gasteiger partial charge on any atom is 0.354 e. The van der Waals surface area contributed by atoms with E-state index in [0.29, 0.717) is 5.69 Å². The number of benzene rings is 1. The number of imidazole rings is 1. The summed E-state index contributed by atoms with van der Waals surface area (Å²) < 4.78 is 0. The number of carbonyl (C=O) groups is 1. The second-order valence-corrected chi connectivity index (χ2v) is 3.47. The van der Waals surface area contributed by atoms with E-state index in [4.69, 9.17) is 10.8 Å². The molecule has 0 aliphatic heterocycles. The van der Waals surface area contributed by atoms with Gasteiger partial charge in [-0.2, -0.15) is 0 Å². The van der Waals surface area contributed by atoms with Gasteiger partial charge in [-0.05, 0) is 12.5 Å². The summed E-state index contributed by atoms with van der Waals surface area (Å²) in [6.07, 6.45) is 0. The van der Waals surface area contributed by atoms with E-state index in [0.717, 1.165) is 11.1 Å². The van der Waals surface area contributed by atoms with Crippen LogP contribution in [-0.4, -0.2) is 21.0 Å². The van der Waals surface area contributed by atoms with Gasteiger partial charge in [0.15, 0.2) is 11.6 Å². The van der Waals surface area contributed by atoms with Crippen LogP contribution in [0.5, 0.6) is 0 Å². The second-order valence-electron chi connectivity index (χ2n) is 3.47. The number of rotatable bonds is 2. The largest absolute Gasteiger partial charge is 0.477 e. The summed E-state index contributed by atoms with van der Waals surface area (Å²) in [5.74, 6) is -0.960. The summed E-state index contributed by atoms with van der Waals surface area (Å²) in [4.78, 5) is 17.5.